The first-order valence-electron chi connectivity index (χ1n) is 8.59. The number of hydrogen-bond acceptors (Lipinski definition) is 2. The summed E-state index contributed by atoms with van der Waals surface area (Å²) in [6.45, 7) is 5.88. The average Bonchev–Trinajstić information content (AvgIpc) is 2.62. The van der Waals surface area contributed by atoms with E-state index in [1.807, 2.05) is 69.3 Å². The minimum atomic E-state index is -0.261. The number of aryl methyl sites for hydroxylation is 3. The van der Waals surface area contributed by atoms with Gasteiger partial charge in [0.1, 0.15) is 0 Å². The van der Waals surface area contributed by atoms with E-state index in [0.29, 0.717) is 5.56 Å². The molecule has 3 aromatic carbocycles. The van der Waals surface area contributed by atoms with Crippen molar-refractivity contribution in [1.82, 2.24) is 5.32 Å². The summed E-state index contributed by atoms with van der Waals surface area (Å²) < 4.78 is 0. The summed E-state index contributed by atoms with van der Waals surface area (Å²) in [7, 11) is 0. The molecule has 26 heavy (non-hydrogen) atoms. The third kappa shape index (κ3) is 3.91. The van der Waals surface area contributed by atoms with E-state index in [-0.39, 0.29) is 18.4 Å². The molecule has 132 valence electrons. The minimum absolute atomic E-state index is 0.0710. The molecule has 4 nitrogen and oxygen atoms in total. The van der Waals surface area contributed by atoms with Gasteiger partial charge in [0.25, 0.3) is 5.91 Å². The molecule has 0 aliphatic heterocycles. The van der Waals surface area contributed by atoms with Crippen LogP contribution in [0.3, 0.4) is 0 Å². The molecule has 0 spiro atoms. The van der Waals surface area contributed by atoms with Crippen molar-refractivity contribution in [1.29, 1.82) is 0 Å². The summed E-state index contributed by atoms with van der Waals surface area (Å²) >= 11 is 0. The highest BCUT2D eigenvalue weighted by molar-refractivity contribution is 6.01. The summed E-state index contributed by atoms with van der Waals surface area (Å²) in [4.78, 5) is 24.6. The van der Waals surface area contributed by atoms with Gasteiger partial charge in [-0.3, -0.25) is 9.59 Å². The molecule has 0 saturated carbocycles. The number of carbonyl (C=O) groups is 2. The Labute approximate surface area is 153 Å². The van der Waals surface area contributed by atoms with Gasteiger partial charge in [-0.25, -0.2) is 0 Å². The average molecular weight is 346 g/mol. The zero-order valence-corrected chi connectivity index (χ0v) is 15.2. The highest BCUT2D eigenvalue weighted by Crippen LogP contribution is 2.21. The largest absolute Gasteiger partial charge is 0.343 e. The number of nitrogens with one attached hydrogen (secondary N) is 2. The first kappa shape index (κ1) is 17.7. The summed E-state index contributed by atoms with van der Waals surface area (Å²) in [5, 5.41) is 7.64. The maximum atomic E-state index is 12.3. The van der Waals surface area contributed by atoms with Gasteiger partial charge in [0, 0.05) is 11.3 Å². The van der Waals surface area contributed by atoms with E-state index in [0.717, 1.165) is 33.2 Å². The number of anilines is 1. The second-order valence-electron chi connectivity index (χ2n) is 6.57. The Morgan fingerprint density at radius 2 is 1.50 bits per heavy atom. The van der Waals surface area contributed by atoms with Crippen LogP contribution in [0.25, 0.3) is 10.8 Å². The molecular formula is C22H22N2O2. The number of rotatable bonds is 4. The molecule has 0 saturated heterocycles. The first-order chi connectivity index (χ1) is 12.4. The van der Waals surface area contributed by atoms with Crippen LogP contribution in [0, 0.1) is 20.8 Å². The Bertz CT molecular complexity index is 969. The Morgan fingerprint density at radius 1 is 0.846 bits per heavy atom. The van der Waals surface area contributed by atoms with E-state index in [4.69, 9.17) is 0 Å². The molecule has 2 amide bonds. The molecule has 0 fully saturated rings. The Hall–Kier alpha value is -3.14. The monoisotopic (exact) mass is 346 g/mol. The van der Waals surface area contributed by atoms with Crippen LogP contribution in [0.15, 0.2) is 54.6 Å². The van der Waals surface area contributed by atoms with Gasteiger partial charge in [-0.15, -0.1) is 0 Å². The van der Waals surface area contributed by atoms with Gasteiger partial charge in [0.05, 0.1) is 6.54 Å². The molecule has 0 bridgehead atoms. The predicted molar refractivity (Wildman–Crippen MR) is 106 cm³/mol. The molecule has 3 rings (SSSR count). The van der Waals surface area contributed by atoms with E-state index in [1.54, 1.807) is 6.07 Å². The van der Waals surface area contributed by atoms with Crippen LogP contribution in [0.2, 0.25) is 0 Å². The van der Waals surface area contributed by atoms with Crippen molar-refractivity contribution in [2.45, 2.75) is 20.8 Å². The van der Waals surface area contributed by atoms with Crippen LogP contribution in [0.1, 0.15) is 27.0 Å². The lowest BCUT2D eigenvalue weighted by Gasteiger charge is -2.13. The van der Waals surface area contributed by atoms with Crippen LogP contribution in [-0.4, -0.2) is 18.4 Å². The Balaban J connectivity index is 1.64. The summed E-state index contributed by atoms with van der Waals surface area (Å²) in [5.74, 6) is -0.502. The molecule has 2 N–H and O–H groups in total. The maximum absolute atomic E-state index is 12.3. The van der Waals surface area contributed by atoms with Crippen molar-refractivity contribution in [2.24, 2.45) is 0 Å². The van der Waals surface area contributed by atoms with Crippen LogP contribution >= 0.6 is 0 Å². The van der Waals surface area contributed by atoms with Gasteiger partial charge in [0.2, 0.25) is 5.91 Å². The lowest BCUT2D eigenvalue weighted by molar-refractivity contribution is -0.115. The van der Waals surface area contributed by atoms with Gasteiger partial charge >= 0.3 is 0 Å². The smallest absolute Gasteiger partial charge is 0.251 e. The van der Waals surface area contributed by atoms with Crippen molar-refractivity contribution in [3.8, 4) is 0 Å². The molecule has 0 aromatic heterocycles. The van der Waals surface area contributed by atoms with Crippen LogP contribution in [0.5, 0.6) is 0 Å². The zero-order valence-electron chi connectivity index (χ0n) is 15.2. The third-order valence-electron chi connectivity index (χ3n) is 4.36. The van der Waals surface area contributed by atoms with Gasteiger partial charge < -0.3 is 10.6 Å². The number of fused-ring (bicyclic) bond motifs is 1. The summed E-state index contributed by atoms with van der Waals surface area (Å²) in [6.07, 6.45) is 0. The van der Waals surface area contributed by atoms with Gasteiger partial charge in [0.15, 0.2) is 0 Å². The van der Waals surface area contributed by atoms with Crippen molar-refractivity contribution < 1.29 is 9.59 Å². The first-order valence-corrected chi connectivity index (χ1v) is 8.59. The lowest BCUT2D eigenvalue weighted by Crippen LogP contribution is -2.33. The Kier molecular flexibility index (Phi) is 5.03. The highest BCUT2D eigenvalue weighted by Gasteiger charge is 2.11. The van der Waals surface area contributed by atoms with Crippen LogP contribution in [0.4, 0.5) is 5.69 Å². The number of hydrogen-bond donors (Lipinski definition) is 2. The molecule has 0 radical (unpaired) electrons. The number of amides is 2. The fourth-order valence-corrected chi connectivity index (χ4v) is 3.15. The van der Waals surface area contributed by atoms with E-state index >= 15 is 0 Å². The van der Waals surface area contributed by atoms with E-state index in [1.165, 1.54) is 0 Å². The zero-order chi connectivity index (χ0) is 18.7. The van der Waals surface area contributed by atoms with Gasteiger partial charge in [-0.1, -0.05) is 48.0 Å². The number of benzene rings is 3. The molecule has 0 aliphatic carbocycles. The lowest BCUT2D eigenvalue weighted by atomic mass is 10.1. The minimum Gasteiger partial charge on any atom is -0.343 e. The van der Waals surface area contributed by atoms with Crippen LogP contribution in [-0.2, 0) is 4.79 Å². The van der Waals surface area contributed by atoms with Gasteiger partial charge in [-0.2, -0.15) is 0 Å². The van der Waals surface area contributed by atoms with Crippen molar-refractivity contribution in [2.75, 3.05) is 11.9 Å². The van der Waals surface area contributed by atoms with Crippen LogP contribution < -0.4 is 10.6 Å². The third-order valence-corrected chi connectivity index (χ3v) is 4.36. The molecule has 0 heterocycles. The highest BCUT2D eigenvalue weighted by atomic mass is 16.2. The van der Waals surface area contributed by atoms with Crippen molar-refractivity contribution >= 4 is 28.3 Å². The standard InChI is InChI=1S/C22H22N2O2/c1-14-10-15(2)21(16(3)11-14)24-20(25)13-23-22(26)19-9-8-17-6-4-5-7-18(17)12-19/h4-12H,13H2,1-3H3,(H,23,26)(H,24,25). The van der Waals surface area contributed by atoms with E-state index < -0.39 is 0 Å². The Morgan fingerprint density at radius 3 is 2.19 bits per heavy atom. The van der Waals surface area contributed by atoms with E-state index in [9.17, 15) is 9.59 Å². The normalized spacial score (nSPS) is 10.6. The van der Waals surface area contributed by atoms with Gasteiger partial charge in [-0.05, 0) is 54.8 Å². The predicted octanol–water partition coefficient (Wildman–Crippen LogP) is 4.13. The summed E-state index contributed by atoms with van der Waals surface area (Å²) in [5.41, 5.74) is 4.52. The number of carbonyl (C=O) groups excluding carboxylic acids is 2. The maximum Gasteiger partial charge on any atom is 0.251 e. The second-order valence-corrected chi connectivity index (χ2v) is 6.57. The molecule has 0 unspecified atom stereocenters. The molecule has 3 aromatic rings. The quantitative estimate of drug-likeness (QED) is 0.746. The second kappa shape index (κ2) is 7.40. The molecule has 4 heteroatoms. The van der Waals surface area contributed by atoms with Crippen molar-refractivity contribution in [3.63, 3.8) is 0 Å². The summed E-state index contributed by atoms with van der Waals surface area (Å²) in [6, 6.07) is 17.4. The molecular weight excluding hydrogens is 324 g/mol. The van der Waals surface area contributed by atoms with E-state index in [2.05, 4.69) is 10.6 Å². The fourth-order valence-electron chi connectivity index (χ4n) is 3.15. The topological polar surface area (TPSA) is 58.2 Å². The molecule has 0 atom stereocenters. The van der Waals surface area contributed by atoms with Crippen molar-refractivity contribution in [3.05, 3.63) is 76.9 Å². The molecule has 0 aliphatic rings. The fraction of sp³-hybridized carbons (Fsp3) is 0.182. The SMILES string of the molecule is Cc1cc(C)c(NC(=O)CNC(=O)c2ccc3ccccc3c2)c(C)c1.